The van der Waals surface area contributed by atoms with E-state index < -0.39 is 5.82 Å². The van der Waals surface area contributed by atoms with E-state index in [1.807, 2.05) is 60.7 Å². The highest BCUT2D eigenvalue weighted by atomic mass is 19.1. The van der Waals surface area contributed by atoms with Crippen molar-refractivity contribution in [2.75, 3.05) is 12.0 Å². The summed E-state index contributed by atoms with van der Waals surface area (Å²) in [6, 6.07) is 23.9. The van der Waals surface area contributed by atoms with Gasteiger partial charge in [0.15, 0.2) is 11.6 Å². The largest absolute Gasteiger partial charge is 0.494 e. The molecule has 0 saturated carbocycles. The third-order valence-corrected chi connectivity index (χ3v) is 4.12. The van der Waals surface area contributed by atoms with Crippen LogP contribution in [-0.2, 0) is 17.8 Å². The Balaban J connectivity index is 1.84. The van der Waals surface area contributed by atoms with Gasteiger partial charge in [0.25, 0.3) is 0 Å². The molecule has 132 valence electrons. The Morgan fingerprint density at radius 3 is 2.19 bits per heavy atom. The number of benzene rings is 3. The van der Waals surface area contributed by atoms with Crippen molar-refractivity contribution in [3.63, 3.8) is 0 Å². The summed E-state index contributed by atoms with van der Waals surface area (Å²) < 4.78 is 18.9. The zero-order valence-electron chi connectivity index (χ0n) is 14.6. The van der Waals surface area contributed by atoms with Crippen molar-refractivity contribution >= 4 is 11.6 Å². The Kier molecular flexibility index (Phi) is 5.64. The monoisotopic (exact) mass is 349 g/mol. The smallest absolute Gasteiger partial charge is 0.231 e. The molecule has 3 aromatic carbocycles. The number of rotatable bonds is 6. The van der Waals surface area contributed by atoms with Crippen LogP contribution in [0.3, 0.4) is 0 Å². The predicted molar refractivity (Wildman–Crippen MR) is 101 cm³/mol. The molecular weight excluding hydrogens is 329 g/mol. The number of nitrogens with zero attached hydrogens (tertiary/aromatic N) is 1. The van der Waals surface area contributed by atoms with E-state index in [2.05, 4.69) is 0 Å². The molecule has 0 unspecified atom stereocenters. The molecule has 0 saturated heterocycles. The van der Waals surface area contributed by atoms with Crippen LogP contribution in [0.4, 0.5) is 10.1 Å². The van der Waals surface area contributed by atoms with Crippen LogP contribution in [0.15, 0.2) is 78.9 Å². The van der Waals surface area contributed by atoms with E-state index in [1.54, 1.807) is 17.0 Å². The lowest BCUT2D eigenvalue weighted by atomic mass is 10.1. The zero-order chi connectivity index (χ0) is 18.4. The highest BCUT2D eigenvalue weighted by Gasteiger charge is 2.17. The molecule has 0 bridgehead atoms. The number of para-hydroxylation sites is 1. The molecule has 0 aromatic heterocycles. The van der Waals surface area contributed by atoms with E-state index in [0.29, 0.717) is 12.1 Å². The Bertz CT molecular complexity index is 866. The first-order chi connectivity index (χ1) is 12.7. The standard InChI is InChI=1S/C22H20FNO2/c1-26-21-13-12-18(14-20(21)23)15-22(25)24(19-10-6-3-7-11-19)16-17-8-4-2-5-9-17/h2-14H,15-16H2,1H3. The van der Waals surface area contributed by atoms with Gasteiger partial charge in [-0.25, -0.2) is 4.39 Å². The molecule has 4 heteroatoms. The van der Waals surface area contributed by atoms with Crippen molar-refractivity contribution in [3.05, 3.63) is 95.8 Å². The van der Waals surface area contributed by atoms with Gasteiger partial charge >= 0.3 is 0 Å². The molecule has 1 amide bonds. The number of hydrogen-bond donors (Lipinski definition) is 0. The molecule has 0 spiro atoms. The molecule has 0 N–H and O–H groups in total. The fourth-order valence-electron chi connectivity index (χ4n) is 2.79. The van der Waals surface area contributed by atoms with Gasteiger partial charge in [0, 0.05) is 5.69 Å². The van der Waals surface area contributed by atoms with Crippen LogP contribution in [0.1, 0.15) is 11.1 Å². The number of anilines is 1. The van der Waals surface area contributed by atoms with E-state index in [1.165, 1.54) is 13.2 Å². The Labute approximate surface area is 152 Å². The molecule has 0 aliphatic rings. The average Bonchev–Trinajstić information content (AvgIpc) is 2.68. The Hall–Kier alpha value is -3.14. The van der Waals surface area contributed by atoms with Crippen LogP contribution >= 0.6 is 0 Å². The van der Waals surface area contributed by atoms with Gasteiger partial charge in [-0.15, -0.1) is 0 Å². The van der Waals surface area contributed by atoms with Crippen molar-refractivity contribution in [1.29, 1.82) is 0 Å². The molecule has 26 heavy (non-hydrogen) atoms. The molecule has 3 aromatic rings. The van der Waals surface area contributed by atoms with E-state index in [-0.39, 0.29) is 18.1 Å². The molecule has 0 atom stereocenters. The topological polar surface area (TPSA) is 29.5 Å². The second-order valence-corrected chi connectivity index (χ2v) is 5.95. The molecule has 0 aliphatic heterocycles. The fraction of sp³-hybridized carbons (Fsp3) is 0.136. The van der Waals surface area contributed by atoms with Crippen LogP contribution < -0.4 is 9.64 Å². The summed E-state index contributed by atoms with van der Waals surface area (Å²) in [7, 11) is 1.42. The normalized spacial score (nSPS) is 10.4. The molecular formula is C22H20FNO2. The first-order valence-electron chi connectivity index (χ1n) is 8.39. The quantitative estimate of drug-likeness (QED) is 0.650. The summed E-state index contributed by atoms with van der Waals surface area (Å²) in [4.78, 5) is 14.7. The number of halogens is 1. The van der Waals surface area contributed by atoms with Crippen LogP contribution in [0.2, 0.25) is 0 Å². The number of carbonyl (C=O) groups is 1. The fourth-order valence-corrected chi connectivity index (χ4v) is 2.79. The zero-order valence-corrected chi connectivity index (χ0v) is 14.6. The van der Waals surface area contributed by atoms with Gasteiger partial charge in [-0.2, -0.15) is 0 Å². The summed E-state index contributed by atoms with van der Waals surface area (Å²) in [5, 5.41) is 0. The summed E-state index contributed by atoms with van der Waals surface area (Å²) >= 11 is 0. The second kappa shape index (κ2) is 8.30. The van der Waals surface area contributed by atoms with Gasteiger partial charge in [-0.05, 0) is 35.4 Å². The number of amides is 1. The Morgan fingerprint density at radius 2 is 1.58 bits per heavy atom. The van der Waals surface area contributed by atoms with Gasteiger partial charge in [-0.3, -0.25) is 4.79 Å². The summed E-state index contributed by atoms with van der Waals surface area (Å²) in [6.45, 7) is 0.461. The van der Waals surface area contributed by atoms with Crippen LogP contribution in [0.5, 0.6) is 5.75 Å². The minimum Gasteiger partial charge on any atom is -0.494 e. The van der Waals surface area contributed by atoms with Crippen molar-refractivity contribution in [1.82, 2.24) is 0 Å². The molecule has 0 heterocycles. The molecule has 3 rings (SSSR count). The highest BCUT2D eigenvalue weighted by molar-refractivity contribution is 5.94. The maximum absolute atomic E-state index is 13.9. The summed E-state index contributed by atoms with van der Waals surface area (Å²) in [5.41, 5.74) is 2.46. The van der Waals surface area contributed by atoms with Crippen molar-refractivity contribution in [2.24, 2.45) is 0 Å². The predicted octanol–water partition coefficient (Wildman–Crippen LogP) is 4.61. The van der Waals surface area contributed by atoms with E-state index >= 15 is 0 Å². The van der Waals surface area contributed by atoms with Gasteiger partial charge < -0.3 is 9.64 Å². The lowest BCUT2D eigenvalue weighted by Gasteiger charge is -2.23. The minimum atomic E-state index is -0.466. The first kappa shape index (κ1) is 17.7. The second-order valence-electron chi connectivity index (χ2n) is 5.95. The number of ether oxygens (including phenoxy) is 1. The van der Waals surface area contributed by atoms with E-state index in [0.717, 1.165) is 11.3 Å². The summed E-state index contributed by atoms with van der Waals surface area (Å²) in [6.07, 6.45) is 0.114. The molecule has 3 nitrogen and oxygen atoms in total. The number of carbonyl (C=O) groups excluding carboxylic acids is 1. The van der Waals surface area contributed by atoms with Gasteiger partial charge in [0.1, 0.15) is 0 Å². The highest BCUT2D eigenvalue weighted by Crippen LogP contribution is 2.21. The van der Waals surface area contributed by atoms with Crippen LogP contribution in [-0.4, -0.2) is 13.0 Å². The first-order valence-corrected chi connectivity index (χ1v) is 8.39. The lowest BCUT2D eigenvalue weighted by molar-refractivity contribution is -0.118. The number of methoxy groups -OCH3 is 1. The SMILES string of the molecule is COc1ccc(CC(=O)N(Cc2ccccc2)c2ccccc2)cc1F. The molecule has 0 radical (unpaired) electrons. The summed E-state index contributed by atoms with van der Waals surface area (Å²) in [5.74, 6) is -0.387. The van der Waals surface area contributed by atoms with Crippen molar-refractivity contribution in [2.45, 2.75) is 13.0 Å². The third kappa shape index (κ3) is 4.28. The Morgan fingerprint density at radius 1 is 0.923 bits per heavy atom. The maximum Gasteiger partial charge on any atom is 0.231 e. The van der Waals surface area contributed by atoms with E-state index in [4.69, 9.17) is 4.74 Å². The van der Waals surface area contributed by atoms with Crippen molar-refractivity contribution < 1.29 is 13.9 Å². The third-order valence-electron chi connectivity index (χ3n) is 4.12. The minimum absolute atomic E-state index is 0.0929. The molecule has 0 fully saturated rings. The maximum atomic E-state index is 13.9. The van der Waals surface area contributed by atoms with Crippen LogP contribution in [0, 0.1) is 5.82 Å². The van der Waals surface area contributed by atoms with Gasteiger partial charge in [0.05, 0.1) is 20.1 Å². The van der Waals surface area contributed by atoms with Gasteiger partial charge in [-0.1, -0.05) is 54.6 Å². The van der Waals surface area contributed by atoms with E-state index in [9.17, 15) is 9.18 Å². The average molecular weight is 349 g/mol. The van der Waals surface area contributed by atoms with Crippen molar-refractivity contribution in [3.8, 4) is 5.75 Å². The van der Waals surface area contributed by atoms with Crippen LogP contribution in [0.25, 0.3) is 0 Å². The lowest BCUT2D eigenvalue weighted by Crippen LogP contribution is -2.31. The molecule has 0 aliphatic carbocycles. The number of hydrogen-bond acceptors (Lipinski definition) is 2. The van der Waals surface area contributed by atoms with Gasteiger partial charge in [0.2, 0.25) is 5.91 Å².